The summed E-state index contributed by atoms with van der Waals surface area (Å²) >= 11 is 0. The molecule has 0 unspecified atom stereocenters. The minimum absolute atomic E-state index is 0.916. The Labute approximate surface area is 109 Å². The second kappa shape index (κ2) is 6.36. The molecule has 2 rings (SSSR count). The van der Waals surface area contributed by atoms with Gasteiger partial charge in [-0.25, -0.2) is 4.98 Å². The third-order valence-corrected chi connectivity index (χ3v) is 2.94. The first-order chi connectivity index (χ1) is 8.85. The molecule has 96 valence electrons. The zero-order chi connectivity index (χ0) is 12.8. The van der Waals surface area contributed by atoms with Crippen molar-refractivity contribution in [2.24, 2.45) is 0 Å². The molecule has 0 aliphatic heterocycles. The van der Waals surface area contributed by atoms with Gasteiger partial charge in [0, 0.05) is 31.0 Å². The van der Waals surface area contributed by atoms with Crippen LogP contribution in [0, 0.1) is 0 Å². The van der Waals surface area contributed by atoms with Crippen LogP contribution in [0.4, 0.5) is 0 Å². The molecule has 1 aromatic heterocycles. The highest BCUT2D eigenvalue weighted by molar-refractivity contribution is 5.56. The normalized spacial score (nSPS) is 10.8. The molecule has 0 fully saturated rings. The summed E-state index contributed by atoms with van der Waals surface area (Å²) in [5, 5.41) is 3.35. The van der Waals surface area contributed by atoms with Gasteiger partial charge in [0.15, 0.2) is 0 Å². The van der Waals surface area contributed by atoms with Crippen molar-refractivity contribution in [2.75, 3.05) is 6.54 Å². The summed E-state index contributed by atoms with van der Waals surface area (Å²) in [6.07, 6.45) is 5.05. The maximum Gasteiger partial charge on any atom is 0.139 e. The fraction of sp³-hybridized carbons (Fsp3) is 0.400. The number of hydrogen-bond donors (Lipinski definition) is 1. The molecule has 18 heavy (non-hydrogen) atoms. The van der Waals surface area contributed by atoms with Gasteiger partial charge in [0.1, 0.15) is 5.82 Å². The van der Waals surface area contributed by atoms with Gasteiger partial charge >= 0.3 is 0 Å². The highest BCUT2D eigenvalue weighted by Crippen LogP contribution is 2.19. The van der Waals surface area contributed by atoms with Gasteiger partial charge in [-0.05, 0) is 24.6 Å². The summed E-state index contributed by atoms with van der Waals surface area (Å²) in [7, 11) is 0. The Bertz CT molecular complexity index is 488. The molecular formula is C15H21N3. The van der Waals surface area contributed by atoms with E-state index in [0.29, 0.717) is 0 Å². The topological polar surface area (TPSA) is 29.9 Å². The van der Waals surface area contributed by atoms with E-state index in [2.05, 4.69) is 59.2 Å². The SMILES string of the molecule is CCCn1ccnc1-c1cccc(CNCC)c1. The van der Waals surface area contributed by atoms with Gasteiger partial charge in [0.25, 0.3) is 0 Å². The molecule has 0 atom stereocenters. The van der Waals surface area contributed by atoms with E-state index in [1.54, 1.807) is 0 Å². The molecule has 1 N–H and O–H groups in total. The second-order valence-corrected chi connectivity index (χ2v) is 4.42. The van der Waals surface area contributed by atoms with E-state index in [4.69, 9.17) is 0 Å². The van der Waals surface area contributed by atoms with Crippen molar-refractivity contribution in [1.29, 1.82) is 0 Å². The average molecular weight is 243 g/mol. The maximum absolute atomic E-state index is 4.47. The van der Waals surface area contributed by atoms with Crippen molar-refractivity contribution in [3.63, 3.8) is 0 Å². The van der Waals surface area contributed by atoms with Crippen molar-refractivity contribution in [1.82, 2.24) is 14.9 Å². The van der Waals surface area contributed by atoms with Crippen molar-refractivity contribution >= 4 is 0 Å². The van der Waals surface area contributed by atoms with E-state index in [1.807, 2.05) is 6.20 Å². The van der Waals surface area contributed by atoms with Crippen LogP contribution in [-0.4, -0.2) is 16.1 Å². The predicted molar refractivity (Wildman–Crippen MR) is 75.3 cm³/mol. The molecule has 0 amide bonds. The van der Waals surface area contributed by atoms with Crippen LogP contribution >= 0.6 is 0 Å². The Balaban J connectivity index is 2.24. The molecule has 0 saturated heterocycles. The van der Waals surface area contributed by atoms with Gasteiger partial charge in [-0.2, -0.15) is 0 Å². The Morgan fingerprint density at radius 2 is 2.17 bits per heavy atom. The summed E-state index contributed by atoms with van der Waals surface area (Å²) in [5.41, 5.74) is 2.50. The standard InChI is InChI=1S/C15H21N3/c1-3-9-18-10-8-17-15(18)14-7-5-6-13(11-14)12-16-4-2/h5-8,10-11,16H,3-4,9,12H2,1-2H3. The summed E-state index contributed by atoms with van der Waals surface area (Å²) in [4.78, 5) is 4.47. The Morgan fingerprint density at radius 3 is 2.94 bits per heavy atom. The fourth-order valence-electron chi connectivity index (χ4n) is 2.08. The first kappa shape index (κ1) is 12.8. The Kier molecular flexibility index (Phi) is 4.53. The molecule has 1 aromatic carbocycles. The van der Waals surface area contributed by atoms with E-state index >= 15 is 0 Å². The monoisotopic (exact) mass is 243 g/mol. The van der Waals surface area contributed by atoms with Crippen molar-refractivity contribution in [3.8, 4) is 11.4 Å². The van der Waals surface area contributed by atoms with E-state index in [9.17, 15) is 0 Å². The number of nitrogens with zero attached hydrogens (tertiary/aromatic N) is 2. The number of aryl methyl sites for hydroxylation is 1. The Morgan fingerprint density at radius 1 is 1.28 bits per heavy atom. The number of rotatable bonds is 6. The third-order valence-electron chi connectivity index (χ3n) is 2.94. The second-order valence-electron chi connectivity index (χ2n) is 4.42. The number of hydrogen-bond acceptors (Lipinski definition) is 2. The minimum Gasteiger partial charge on any atom is -0.331 e. The van der Waals surface area contributed by atoms with E-state index < -0.39 is 0 Å². The summed E-state index contributed by atoms with van der Waals surface area (Å²) in [6.45, 7) is 7.24. The number of nitrogens with one attached hydrogen (secondary N) is 1. The molecule has 3 nitrogen and oxygen atoms in total. The van der Waals surface area contributed by atoms with Crippen LogP contribution in [0.1, 0.15) is 25.8 Å². The maximum atomic E-state index is 4.47. The lowest BCUT2D eigenvalue weighted by molar-refractivity contribution is 0.685. The summed E-state index contributed by atoms with van der Waals surface area (Å²) in [6, 6.07) is 8.60. The molecule has 0 aliphatic carbocycles. The van der Waals surface area contributed by atoms with E-state index in [0.717, 1.165) is 31.9 Å². The van der Waals surface area contributed by atoms with Crippen LogP contribution in [0.25, 0.3) is 11.4 Å². The molecular weight excluding hydrogens is 222 g/mol. The molecule has 0 bridgehead atoms. The van der Waals surface area contributed by atoms with Crippen molar-refractivity contribution in [3.05, 3.63) is 42.2 Å². The Hall–Kier alpha value is -1.61. The number of benzene rings is 1. The molecule has 3 heteroatoms. The van der Waals surface area contributed by atoms with Crippen molar-refractivity contribution in [2.45, 2.75) is 33.4 Å². The summed E-state index contributed by atoms with van der Waals surface area (Å²) < 4.78 is 2.21. The average Bonchev–Trinajstić information content (AvgIpc) is 2.85. The largest absolute Gasteiger partial charge is 0.331 e. The highest BCUT2D eigenvalue weighted by atomic mass is 15.1. The van der Waals surface area contributed by atoms with Crippen LogP contribution in [0.3, 0.4) is 0 Å². The van der Waals surface area contributed by atoms with Gasteiger partial charge in [-0.1, -0.05) is 32.0 Å². The number of aromatic nitrogens is 2. The fourth-order valence-corrected chi connectivity index (χ4v) is 2.08. The first-order valence-corrected chi connectivity index (χ1v) is 6.66. The van der Waals surface area contributed by atoms with Gasteiger partial charge in [-0.3, -0.25) is 0 Å². The number of imidazole rings is 1. The van der Waals surface area contributed by atoms with E-state index in [1.165, 1.54) is 11.1 Å². The van der Waals surface area contributed by atoms with E-state index in [-0.39, 0.29) is 0 Å². The zero-order valence-corrected chi connectivity index (χ0v) is 11.2. The van der Waals surface area contributed by atoms with Crippen LogP contribution in [0.5, 0.6) is 0 Å². The molecule has 0 aliphatic rings. The van der Waals surface area contributed by atoms with Gasteiger partial charge in [0.2, 0.25) is 0 Å². The lowest BCUT2D eigenvalue weighted by atomic mass is 10.1. The van der Waals surface area contributed by atoms with Crippen molar-refractivity contribution < 1.29 is 0 Å². The predicted octanol–water partition coefficient (Wildman–Crippen LogP) is 3.07. The first-order valence-electron chi connectivity index (χ1n) is 6.66. The van der Waals surface area contributed by atoms with Crippen LogP contribution in [-0.2, 0) is 13.1 Å². The van der Waals surface area contributed by atoms with Crippen LogP contribution in [0.2, 0.25) is 0 Å². The molecule has 0 radical (unpaired) electrons. The van der Waals surface area contributed by atoms with Gasteiger partial charge < -0.3 is 9.88 Å². The summed E-state index contributed by atoms with van der Waals surface area (Å²) in [5.74, 6) is 1.06. The van der Waals surface area contributed by atoms with Crippen LogP contribution in [0.15, 0.2) is 36.7 Å². The molecule has 1 heterocycles. The quantitative estimate of drug-likeness (QED) is 0.845. The van der Waals surface area contributed by atoms with Crippen LogP contribution < -0.4 is 5.32 Å². The minimum atomic E-state index is 0.916. The lowest BCUT2D eigenvalue weighted by Gasteiger charge is -2.08. The zero-order valence-electron chi connectivity index (χ0n) is 11.2. The molecule has 0 saturated carbocycles. The highest BCUT2D eigenvalue weighted by Gasteiger charge is 2.05. The smallest absolute Gasteiger partial charge is 0.139 e. The molecule has 0 spiro atoms. The van der Waals surface area contributed by atoms with Gasteiger partial charge in [0.05, 0.1) is 0 Å². The third kappa shape index (κ3) is 2.99. The lowest BCUT2D eigenvalue weighted by Crippen LogP contribution is -2.11. The molecule has 2 aromatic rings. The van der Waals surface area contributed by atoms with Gasteiger partial charge in [-0.15, -0.1) is 0 Å².